The van der Waals surface area contributed by atoms with E-state index in [1.807, 2.05) is 37.3 Å². The molecule has 1 N–H and O–H groups in total. The Hall–Kier alpha value is -2.39. The van der Waals surface area contributed by atoms with Gasteiger partial charge in [-0.3, -0.25) is 0 Å². The molecule has 2 nitrogen and oxygen atoms in total. The van der Waals surface area contributed by atoms with Crippen molar-refractivity contribution in [3.05, 3.63) is 76.3 Å². The highest BCUT2D eigenvalue weighted by atomic mass is 32.2. The Morgan fingerprint density at radius 3 is 2.25 bits per heavy atom. The summed E-state index contributed by atoms with van der Waals surface area (Å²) in [7, 11) is 0. The van der Waals surface area contributed by atoms with Gasteiger partial charge in [-0.2, -0.15) is 18.4 Å². The van der Waals surface area contributed by atoms with Crippen LogP contribution in [0.15, 0.2) is 65.2 Å². The molecule has 0 aliphatic carbocycles. The summed E-state index contributed by atoms with van der Waals surface area (Å²) in [5.41, 5.74) is 1.17. The number of alkyl halides is 3. The summed E-state index contributed by atoms with van der Waals surface area (Å²) in [6.45, 7) is 1.89. The van der Waals surface area contributed by atoms with Crippen molar-refractivity contribution in [3.63, 3.8) is 0 Å². The Labute approximate surface area is 143 Å². The molecule has 2 aromatic carbocycles. The van der Waals surface area contributed by atoms with Gasteiger partial charge in [0.2, 0.25) is 0 Å². The SMILES string of the molecule is Cc1ccc(N/C(SCc2ccccc2)=C(\C#N)C(F)(F)F)cc1. The minimum atomic E-state index is -4.70. The number of anilines is 1. The zero-order chi connectivity index (χ0) is 17.6. The number of aryl methyl sites for hydroxylation is 1. The summed E-state index contributed by atoms with van der Waals surface area (Å²) in [6.07, 6.45) is -4.70. The fourth-order valence-corrected chi connectivity index (χ4v) is 2.91. The third-order valence-corrected chi connectivity index (χ3v) is 4.23. The van der Waals surface area contributed by atoms with Gasteiger partial charge in [-0.1, -0.05) is 48.0 Å². The molecule has 0 spiro atoms. The Kier molecular flexibility index (Phi) is 5.93. The summed E-state index contributed by atoms with van der Waals surface area (Å²) in [6, 6.07) is 17.4. The van der Waals surface area contributed by atoms with Crippen LogP contribution in [0.2, 0.25) is 0 Å². The molecule has 0 saturated carbocycles. The van der Waals surface area contributed by atoms with E-state index in [2.05, 4.69) is 5.32 Å². The van der Waals surface area contributed by atoms with Crippen LogP contribution in [-0.4, -0.2) is 6.18 Å². The zero-order valence-electron chi connectivity index (χ0n) is 12.9. The maximum absolute atomic E-state index is 13.1. The number of nitriles is 1. The van der Waals surface area contributed by atoms with Gasteiger partial charge in [-0.15, -0.1) is 11.8 Å². The van der Waals surface area contributed by atoms with Crippen LogP contribution in [0, 0.1) is 18.3 Å². The lowest BCUT2D eigenvalue weighted by atomic mass is 10.2. The quantitative estimate of drug-likeness (QED) is 0.711. The second-order valence-corrected chi connectivity index (χ2v) is 6.06. The summed E-state index contributed by atoms with van der Waals surface area (Å²) >= 11 is 0.959. The average Bonchev–Trinajstić information content (AvgIpc) is 2.55. The minimum absolute atomic E-state index is 0.197. The number of hydrogen-bond donors (Lipinski definition) is 1. The molecular formula is C18H15F3N2S. The van der Waals surface area contributed by atoms with Crippen molar-refractivity contribution in [3.8, 4) is 6.07 Å². The first-order valence-electron chi connectivity index (χ1n) is 7.12. The van der Waals surface area contributed by atoms with Crippen molar-refractivity contribution in [1.29, 1.82) is 5.26 Å². The highest BCUT2D eigenvalue weighted by Crippen LogP contribution is 2.34. The fourth-order valence-electron chi connectivity index (χ4n) is 1.91. The first-order valence-corrected chi connectivity index (χ1v) is 8.10. The van der Waals surface area contributed by atoms with Gasteiger partial charge in [0.1, 0.15) is 6.07 Å². The molecule has 6 heteroatoms. The predicted molar refractivity (Wildman–Crippen MR) is 91.2 cm³/mol. The Morgan fingerprint density at radius 1 is 1.08 bits per heavy atom. The number of benzene rings is 2. The molecular weight excluding hydrogens is 333 g/mol. The van der Waals surface area contributed by atoms with Crippen molar-refractivity contribution in [2.45, 2.75) is 18.9 Å². The number of hydrogen-bond acceptors (Lipinski definition) is 3. The Balaban J connectivity index is 2.29. The molecule has 0 aromatic heterocycles. The van der Waals surface area contributed by atoms with Crippen LogP contribution in [0.25, 0.3) is 0 Å². The lowest BCUT2D eigenvalue weighted by Crippen LogP contribution is -2.15. The van der Waals surface area contributed by atoms with E-state index in [4.69, 9.17) is 5.26 Å². The van der Waals surface area contributed by atoms with Gasteiger partial charge >= 0.3 is 6.18 Å². The van der Waals surface area contributed by atoms with Crippen LogP contribution in [0.3, 0.4) is 0 Å². The first-order chi connectivity index (χ1) is 11.4. The highest BCUT2D eigenvalue weighted by Gasteiger charge is 2.37. The summed E-state index contributed by atoms with van der Waals surface area (Å²) in [5, 5.41) is 11.5. The molecule has 0 aliphatic rings. The van der Waals surface area contributed by atoms with Gasteiger partial charge < -0.3 is 5.32 Å². The largest absolute Gasteiger partial charge is 0.428 e. The van der Waals surface area contributed by atoms with Crippen LogP contribution in [-0.2, 0) is 5.75 Å². The summed E-state index contributed by atoms with van der Waals surface area (Å²) in [4.78, 5) is 0. The minimum Gasteiger partial charge on any atom is -0.349 e. The number of rotatable bonds is 5. The highest BCUT2D eigenvalue weighted by molar-refractivity contribution is 8.02. The standard InChI is InChI=1S/C18H15F3N2S/c1-13-7-9-15(10-8-13)23-17(16(11-22)18(19,20)21)24-12-14-5-3-2-4-6-14/h2-10,23H,12H2,1H3/b17-16-. The molecule has 2 aromatic rings. The number of nitrogens with one attached hydrogen (secondary N) is 1. The molecule has 124 valence electrons. The maximum atomic E-state index is 13.1. The van der Waals surface area contributed by atoms with Gasteiger partial charge in [-0.05, 0) is 24.6 Å². The Bertz CT molecular complexity index is 745. The molecule has 0 saturated heterocycles. The number of nitrogens with zero attached hydrogens (tertiary/aromatic N) is 1. The molecule has 0 aliphatic heterocycles. The molecule has 0 unspecified atom stereocenters. The maximum Gasteiger partial charge on any atom is 0.428 e. The van der Waals surface area contributed by atoms with E-state index >= 15 is 0 Å². The van der Waals surface area contributed by atoms with Gasteiger partial charge in [0, 0.05) is 11.4 Å². The smallest absolute Gasteiger partial charge is 0.349 e. The second kappa shape index (κ2) is 7.93. The van der Waals surface area contributed by atoms with Crippen LogP contribution in [0.4, 0.5) is 18.9 Å². The van der Waals surface area contributed by atoms with Crippen molar-refractivity contribution in [2.24, 2.45) is 0 Å². The molecule has 0 bridgehead atoms. The lowest BCUT2D eigenvalue weighted by Gasteiger charge is -2.15. The molecule has 0 radical (unpaired) electrons. The third kappa shape index (κ3) is 5.07. The monoisotopic (exact) mass is 348 g/mol. The Morgan fingerprint density at radius 2 is 1.71 bits per heavy atom. The average molecular weight is 348 g/mol. The van der Waals surface area contributed by atoms with Crippen LogP contribution < -0.4 is 5.32 Å². The van der Waals surface area contributed by atoms with Crippen LogP contribution in [0.1, 0.15) is 11.1 Å². The lowest BCUT2D eigenvalue weighted by molar-refractivity contribution is -0.0876. The van der Waals surface area contributed by atoms with Crippen LogP contribution in [0.5, 0.6) is 0 Å². The van der Waals surface area contributed by atoms with Gasteiger partial charge in [0.05, 0.1) is 5.03 Å². The molecule has 0 atom stereocenters. The van der Waals surface area contributed by atoms with Crippen molar-refractivity contribution in [2.75, 3.05) is 5.32 Å². The van der Waals surface area contributed by atoms with Crippen LogP contribution >= 0.6 is 11.8 Å². The molecule has 24 heavy (non-hydrogen) atoms. The van der Waals surface area contributed by atoms with E-state index in [1.165, 1.54) is 6.07 Å². The van der Waals surface area contributed by atoms with E-state index in [0.29, 0.717) is 11.4 Å². The number of halogens is 3. The zero-order valence-corrected chi connectivity index (χ0v) is 13.7. The van der Waals surface area contributed by atoms with E-state index in [-0.39, 0.29) is 5.03 Å². The molecule has 0 amide bonds. The molecule has 0 fully saturated rings. The van der Waals surface area contributed by atoms with E-state index in [1.54, 1.807) is 24.3 Å². The molecule has 2 rings (SSSR count). The van der Waals surface area contributed by atoms with E-state index in [9.17, 15) is 13.2 Å². The van der Waals surface area contributed by atoms with E-state index in [0.717, 1.165) is 22.9 Å². The summed E-state index contributed by atoms with van der Waals surface area (Å²) in [5.74, 6) is 0.330. The summed E-state index contributed by atoms with van der Waals surface area (Å²) < 4.78 is 39.4. The first kappa shape index (κ1) is 18.0. The van der Waals surface area contributed by atoms with Crippen molar-refractivity contribution >= 4 is 17.4 Å². The van der Waals surface area contributed by atoms with Crippen molar-refractivity contribution in [1.82, 2.24) is 0 Å². The third-order valence-electron chi connectivity index (χ3n) is 3.16. The number of thioether (sulfide) groups is 1. The van der Waals surface area contributed by atoms with E-state index < -0.39 is 11.7 Å². The second-order valence-electron chi connectivity index (χ2n) is 5.08. The number of allylic oxidation sites excluding steroid dienone is 1. The fraction of sp³-hybridized carbons (Fsp3) is 0.167. The predicted octanol–water partition coefficient (Wildman–Crippen LogP) is 5.64. The van der Waals surface area contributed by atoms with Gasteiger partial charge in [-0.25, -0.2) is 0 Å². The molecule has 0 heterocycles. The normalized spacial score (nSPS) is 12.3. The van der Waals surface area contributed by atoms with Gasteiger partial charge in [0.25, 0.3) is 0 Å². The van der Waals surface area contributed by atoms with Gasteiger partial charge in [0.15, 0.2) is 5.57 Å². The topological polar surface area (TPSA) is 35.8 Å². The van der Waals surface area contributed by atoms with Crippen molar-refractivity contribution < 1.29 is 13.2 Å².